The van der Waals surface area contributed by atoms with Crippen LogP contribution in [0, 0.1) is 5.82 Å². The van der Waals surface area contributed by atoms with E-state index in [4.69, 9.17) is 9.84 Å². The molecule has 0 saturated carbocycles. The van der Waals surface area contributed by atoms with Gasteiger partial charge in [-0.05, 0) is 45.8 Å². The van der Waals surface area contributed by atoms with Crippen LogP contribution in [0.5, 0.6) is 5.75 Å². The molecule has 19 heavy (non-hydrogen) atoms. The van der Waals surface area contributed by atoms with Crippen LogP contribution in [0.15, 0.2) is 45.3 Å². The van der Waals surface area contributed by atoms with Crippen molar-refractivity contribution >= 4 is 31.9 Å². The van der Waals surface area contributed by atoms with Crippen molar-refractivity contribution in [2.75, 3.05) is 0 Å². The third-order valence-corrected chi connectivity index (χ3v) is 3.94. The second kappa shape index (κ2) is 6.50. The second-order valence-corrected chi connectivity index (χ2v) is 5.66. The maximum atomic E-state index is 13.0. The molecule has 0 unspecified atom stereocenters. The van der Waals surface area contributed by atoms with E-state index in [-0.39, 0.29) is 12.4 Å². The molecular weight excluding hydrogens is 379 g/mol. The van der Waals surface area contributed by atoms with Crippen LogP contribution in [-0.2, 0) is 13.2 Å². The Bertz CT molecular complexity index is 588. The number of ether oxygens (including phenoxy) is 1. The number of hydrogen-bond donors (Lipinski definition) is 1. The number of hydrogen-bond acceptors (Lipinski definition) is 2. The molecule has 0 saturated heterocycles. The zero-order chi connectivity index (χ0) is 13.8. The number of rotatable bonds is 4. The van der Waals surface area contributed by atoms with Gasteiger partial charge in [0.1, 0.15) is 18.2 Å². The lowest BCUT2D eigenvalue weighted by atomic mass is 10.2. The molecule has 5 heteroatoms. The summed E-state index contributed by atoms with van der Waals surface area (Å²) in [5, 5.41) is 9.02. The Morgan fingerprint density at radius 3 is 2.47 bits per heavy atom. The zero-order valence-electron chi connectivity index (χ0n) is 9.87. The molecule has 2 aromatic rings. The van der Waals surface area contributed by atoms with Crippen molar-refractivity contribution in [2.24, 2.45) is 0 Å². The van der Waals surface area contributed by atoms with Crippen molar-refractivity contribution in [1.82, 2.24) is 0 Å². The molecule has 0 aromatic heterocycles. The molecule has 1 N–H and O–H groups in total. The van der Waals surface area contributed by atoms with Gasteiger partial charge < -0.3 is 9.84 Å². The largest absolute Gasteiger partial charge is 0.488 e. The number of halogens is 3. The van der Waals surface area contributed by atoms with Crippen LogP contribution in [0.3, 0.4) is 0 Å². The minimum absolute atomic E-state index is 0.0115. The van der Waals surface area contributed by atoms with Crippen LogP contribution in [0.2, 0.25) is 0 Å². The van der Waals surface area contributed by atoms with Crippen LogP contribution in [0.1, 0.15) is 11.1 Å². The van der Waals surface area contributed by atoms with E-state index in [1.165, 1.54) is 12.1 Å². The lowest BCUT2D eigenvalue weighted by Gasteiger charge is -2.10. The molecule has 0 heterocycles. The summed E-state index contributed by atoms with van der Waals surface area (Å²) in [5.41, 5.74) is 1.67. The third-order valence-electron chi connectivity index (χ3n) is 2.58. The molecular formula is C14H11Br2FO2. The van der Waals surface area contributed by atoms with E-state index >= 15 is 0 Å². The van der Waals surface area contributed by atoms with Crippen molar-refractivity contribution < 1.29 is 14.2 Å². The first kappa shape index (κ1) is 14.5. The summed E-state index contributed by atoms with van der Waals surface area (Å²) >= 11 is 6.68. The highest BCUT2D eigenvalue weighted by Crippen LogP contribution is 2.28. The summed E-state index contributed by atoms with van der Waals surface area (Å²) in [6.45, 7) is 0.320. The Kier molecular flexibility index (Phi) is 4.96. The fourth-order valence-corrected chi connectivity index (χ4v) is 2.56. The molecule has 0 bridgehead atoms. The van der Waals surface area contributed by atoms with E-state index in [1.54, 1.807) is 24.3 Å². The van der Waals surface area contributed by atoms with Crippen molar-refractivity contribution in [2.45, 2.75) is 13.2 Å². The normalized spacial score (nSPS) is 10.5. The Morgan fingerprint density at radius 2 is 1.84 bits per heavy atom. The van der Waals surface area contributed by atoms with E-state index in [9.17, 15) is 4.39 Å². The molecule has 2 rings (SSSR count). The fraction of sp³-hybridized carbons (Fsp3) is 0.143. The van der Waals surface area contributed by atoms with Gasteiger partial charge in [0.15, 0.2) is 0 Å². The maximum Gasteiger partial charge on any atom is 0.134 e. The Balaban J connectivity index is 2.10. The quantitative estimate of drug-likeness (QED) is 0.838. The minimum atomic E-state index is -0.288. The predicted octanol–water partition coefficient (Wildman–Crippen LogP) is 4.42. The van der Waals surface area contributed by atoms with Gasteiger partial charge in [-0.25, -0.2) is 4.39 Å². The summed E-state index contributed by atoms with van der Waals surface area (Å²) < 4.78 is 20.1. The van der Waals surface area contributed by atoms with Gasteiger partial charge >= 0.3 is 0 Å². The van der Waals surface area contributed by atoms with E-state index in [2.05, 4.69) is 31.9 Å². The molecule has 0 aliphatic rings. The van der Waals surface area contributed by atoms with Gasteiger partial charge in [0.2, 0.25) is 0 Å². The standard InChI is InChI=1S/C14H11Br2FO2/c15-12-6-11(17)3-2-10(12)8-19-14-4-1-9(7-18)5-13(14)16/h1-6,18H,7-8H2. The highest BCUT2D eigenvalue weighted by Gasteiger charge is 2.06. The first-order chi connectivity index (χ1) is 9.10. The van der Waals surface area contributed by atoms with Gasteiger partial charge in [-0.2, -0.15) is 0 Å². The van der Waals surface area contributed by atoms with E-state index in [0.29, 0.717) is 16.8 Å². The average Bonchev–Trinajstić information content (AvgIpc) is 2.39. The van der Waals surface area contributed by atoms with Gasteiger partial charge in [0.25, 0.3) is 0 Å². The highest BCUT2D eigenvalue weighted by molar-refractivity contribution is 9.10. The van der Waals surface area contributed by atoms with Gasteiger partial charge in [-0.15, -0.1) is 0 Å². The lowest BCUT2D eigenvalue weighted by Crippen LogP contribution is -1.98. The SMILES string of the molecule is OCc1ccc(OCc2ccc(F)cc2Br)c(Br)c1. The first-order valence-electron chi connectivity index (χ1n) is 5.56. The van der Waals surface area contributed by atoms with Crippen LogP contribution in [0.4, 0.5) is 4.39 Å². The summed E-state index contributed by atoms with van der Waals surface area (Å²) in [6, 6.07) is 9.85. The topological polar surface area (TPSA) is 29.5 Å². The minimum Gasteiger partial charge on any atom is -0.488 e. The van der Waals surface area contributed by atoms with Crippen LogP contribution in [-0.4, -0.2) is 5.11 Å². The van der Waals surface area contributed by atoms with E-state index < -0.39 is 0 Å². The van der Waals surface area contributed by atoms with Crippen molar-refractivity contribution in [3.05, 3.63) is 62.3 Å². The molecule has 2 aromatic carbocycles. The Hall–Kier alpha value is -0.910. The summed E-state index contributed by atoms with van der Waals surface area (Å²) in [7, 11) is 0. The lowest BCUT2D eigenvalue weighted by molar-refractivity contribution is 0.280. The maximum absolute atomic E-state index is 13.0. The third kappa shape index (κ3) is 3.78. The molecule has 0 aliphatic heterocycles. The monoisotopic (exact) mass is 388 g/mol. The van der Waals surface area contributed by atoms with Crippen LogP contribution in [0.25, 0.3) is 0 Å². The molecule has 100 valence electrons. The fourth-order valence-electron chi connectivity index (χ4n) is 1.55. The molecule has 2 nitrogen and oxygen atoms in total. The number of benzene rings is 2. The smallest absolute Gasteiger partial charge is 0.134 e. The van der Waals surface area contributed by atoms with E-state index in [0.717, 1.165) is 15.6 Å². The number of aliphatic hydroxyl groups excluding tert-OH is 1. The average molecular weight is 390 g/mol. The molecule has 0 amide bonds. The summed E-state index contributed by atoms with van der Waals surface area (Å²) in [4.78, 5) is 0. The van der Waals surface area contributed by atoms with Crippen molar-refractivity contribution in [3.63, 3.8) is 0 Å². The molecule has 0 fully saturated rings. The first-order valence-corrected chi connectivity index (χ1v) is 7.15. The van der Waals surface area contributed by atoms with E-state index in [1.807, 2.05) is 0 Å². The zero-order valence-corrected chi connectivity index (χ0v) is 13.0. The highest BCUT2D eigenvalue weighted by atomic mass is 79.9. The van der Waals surface area contributed by atoms with Crippen molar-refractivity contribution in [3.8, 4) is 5.75 Å². The van der Waals surface area contributed by atoms with Gasteiger partial charge in [0, 0.05) is 10.0 Å². The summed E-state index contributed by atoms with van der Waals surface area (Å²) in [5.74, 6) is 0.387. The Morgan fingerprint density at radius 1 is 1.05 bits per heavy atom. The van der Waals surface area contributed by atoms with Crippen LogP contribution >= 0.6 is 31.9 Å². The predicted molar refractivity (Wildman–Crippen MR) is 78.5 cm³/mol. The van der Waals surface area contributed by atoms with Crippen LogP contribution < -0.4 is 4.74 Å². The van der Waals surface area contributed by atoms with Gasteiger partial charge in [-0.1, -0.05) is 28.1 Å². The molecule has 0 spiro atoms. The number of aliphatic hydroxyl groups is 1. The summed E-state index contributed by atoms with van der Waals surface area (Å²) in [6.07, 6.45) is 0. The molecule has 0 aliphatic carbocycles. The second-order valence-electron chi connectivity index (χ2n) is 3.95. The molecule has 0 radical (unpaired) electrons. The molecule has 0 atom stereocenters. The Labute approximate surface area is 127 Å². The van der Waals surface area contributed by atoms with Crippen molar-refractivity contribution in [1.29, 1.82) is 0 Å². The van der Waals surface area contributed by atoms with Gasteiger partial charge in [0.05, 0.1) is 11.1 Å². The van der Waals surface area contributed by atoms with Gasteiger partial charge in [-0.3, -0.25) is 0 Å².